The molecule has 0 spiro atoms. The summed E-state index contributed by atoms with van der Waals surface area (Å²) in [6.45, 7) is 2.05. The zero-order chi connectivity index (χ0) is 20.8. The highest BCUT2D eigenvalue weighted by molar-refractivity contribution is 7.80. The first-order valence-electron chi connectivity index (χ1n) is 8.90. The van der Waals surface area contributed by atoms with E-state index in [1.807, 2.05) is 30.3 Å². The molecule has 2 aromatic carbocycles. The lowest BCUT2D eigenvalue weighted by Gasteiger charge is -2.11. The molecule has 0 saturated carbocycles. The van der Waals surface area contributed by atoms with Gasteiger partial charge in [0.1, 0.15) is 11.5 Å². The molecule has 0 aliphatic rings. The molecule has 1 amide bonds. The second kappa shape index (κ2) is 9.74. The fourth-order valence-electron chi connectivity index (χ4n) is 2.70. The molecule has 3 rings (SSSR count). The van der Waals surface area contributed by atoms with E-state index in [2.05, 4.69) is 17.6 Å². The van der Waals surface area contributed by atoms with Gasteiger partial charge in [0, 0.05) is 17.3 Å². The number of hydrogen-bond acceptors (Lipinski definition) is 3. The van der Waals surface area contributed by atoms with Crippen molar-refractivity contribution in [2.24, 2.45) is 0 Å². The van der Waals surface area contributed by atoms with Crippen LogP contribution in [0.2, 0.25) is 10.0 Å². The van der Waals surface area contributed by atoms with Gasteiger partial charge in [-0.25, -0.2) is 0 Å². The summed E-state index contributed by atoms with van der Waals surface area (Å²) >= 11 is 17.5. The number of anilines is 1. The second-order valence-corrected chi connectivity index (χ2v) is 7.28. The summed E-state index contributed by atoms with van der Waals surface area (Å²) in [5.74, 6) is 0.697. The average molecular weight is 445 g/mol. The van der Waals surface area contributed by atoms with Crippen LogP contribution in [0.4, 0.5) is 5.69 Å². The summed E-state index contributed by atoms with van der Waals surface area (Å²) in [4.78, 5) is 12.1. The molecule has 0 bridgehead atoms. The Kier molecular flexibility index (Phi) is 7.09. The van der Waals surface area contributed by atoms with E-state index in [0.29, 0.717) is 27.1 Å². The number of furan rings is 1. The van der Waals surface area contributed by atoms with E-state index in [1.165, 1.54) is 6.08 Å². The second-order valence-electron chi connectivity index (χ2n) is 6.09. The number of hydrogen-bond donors (Lipinski definition) is 2. The minimum Gasteiger partial charge on any atom is -0.457 e. The molecule has 1 aromatic heterocycles. The van der Waals surface area contributed by atoms with E-state index >= 15 is 0 Å². The molecule has 29 heavy (non-hydrogen) atoms. The summed E-state index contributed by atoms with van der Waals surface area (Å²) in [5, 5.41) is 6.75. The first-order chi connectivity index (χ1) is 14.0. The SMILES string of the molecule is CCc1ccccc1NC(=S)NC(=O)C=Cc1ccc(-c2cccc(Cl)c2Cl)o1. The Morgan fingerprint density at radius 1 is 1.10 bits per heavy atom. The maximum atomic E-state index is 12.1. The third-order valence-corrected chi connectivity index (χ3v) is 5.15. The van der Waals surface area contributed by atoms with Crippen molar-refractivity contribution in [3.05, 3.63) is 82.0 Å². The van der Waals surface area contributed by atoms with Gasteiger partial charge in [-0.05, 0) is 60.6 Å². The zero-order valence-corrected chi connectivity index (χ0v) is 17.9. The van der Waals surface area contributed by atoms with E-state index in [1.54, 1.807) is 30.3 Å². The topological polar surface area (TPSA) is 54.3 Å². The fraction of sp³-hybridized carbons (Fsp3) is 0.0909. The lowest BCUT2D eigenvalue weighted by Crippen LogP contribution is -2.33. The van der Waals surface area contributed by atoms with Crippen LogP contribution in [0.3, 0.4) is 0 Å². The van der Waals surface area contributed by atoms with E-state index in [0.717, 1.165) is 17.7 Å². The minimum atomic E-state index is -0.366. The number of thiocarbonyl (C=S) groups is 1. The van der Waals surface area contributed by atoms with Crippen LogP contribution in [0.25, 0.3) is 17.4 Å². The quantitative estimate of drug-likeness (QED) is 0.355. The molecule has 0 atom stereocenters. The number of aryl methyl sites for hydroxylation is 1. The van der Waals surface area contributed by atoms with Crippen molar-refractivity contribution in [1.29, 1.82) is 0 Å². The number of halogens is 2. The third kappa shape index (κ3) is 5.48. The van der Waals surface area contributed by atoms with Gasteiger partial charge in [-0.3, -0.25) is 10.1 Å². The first kappa shape index (κ1) is 21.1. The Morgan fingerprint density at radius 3 is 2.69 bits per heavy atom. The number of benzene rings is 2. The van der Waals surface area contributed by atoms with Gasteiger partial charge in [-0.1, -0.05) is 54.4 Å². The maximum absolute atomic E-state index is 12.1. The van der Waals surface area contributed by atoms with E-state index < -0.39 is 0 Å². The highest BCUT2D eigenvalue weighted by atomic mass is 35.5. The zero-order valence-electron chi connectivity index (χ0n) is 15.5. The van der Waals surface area contributed by atoms with Crippen molar-refractivity contribution in [1.82, 2.24) is 5.32 Å². The van der Waals surface area contributed by atoms with Gasteiger partial charge in [-0.15, -0.1) is 0 Å². The summed E-state index contributed by atoms with van der Waals surface area (Å²) in [5.41, 5.74) is 2.67. The van der Waals surface area contributed by atoms with Crippen LogP contribution in [0, 0.1) is 0 Å². The van der Waals surface area contributed by atoms with Crippen LogP contribution in [0.15, 0.2) is 65.1 Å². The predicted octanol–water partition coefficient (Wildman–Crippen LogP) is 6.34. The molecule has 148 valence electrons. The molecule has 0 saturated heterocycles. The Morgan fingerprint density at radius 2 is 1.90 bits per heavy atom. The first-order valence-corrected chi connectivity index (χ1v) is 10.1. The number of amides is 1. The van der Waals surface area contributed by atoms with Crippen molar-refractivity contribution in [2.75, 3.05) is 5.32 Å². The van der Waals surface area contributed by atoms with Crippen molar-refractivity contribution < 1.29 is 9.21 Å². The van der Waals surface area contributed by atoms with Crippen LogP contribution >= 0.6 is 35.4 Å². The molecule has 0 aliphatic carbocycles. The van der Waals surface area contributed by atoms with Gasteiger partial charge in [0.25, 0.3) is 0 Å². The van der Waals surface area contributed by atoms with Gasteiger partial charge in [0.2, 0.25) is 5.91 Å². The van der Waals surface area contributed by atoms with Crippen molar-refractivity contribution in [3.63, 3.8) is 0 Å². The third-order valence-electron chi connectivity index (χ3n) is 4.13. The molecule has 7 heteroatoms. The highest BCUT2D eigenvalue weighted by Gasteiger charge is 2.10. The normalized spacial score (nSPS) is 10.9. The van der Waals surface area contributed by atoms with E-state index in [9.17, 15) is 4.79 Å². The summed E-state index contributed by atoms with van der Waals surface area (Å²) in [6, 6.07) is 16.6. The molecular weight excluding hydrogens is 427 g/mol. The van der Waals surface area contributed by atoms with Crippen LogP contribution in [-0.2, 0) is 11.2 Å². The van der Waals surface area contributed by atoms with E-state index in [-0.39, 0.29) is 11.0 Å². The Hall–Kier alpha value is -2.60. The van der Waals surface area contributed by atoms with E-state index in [4.69, 9.17) is 39.8 Å². The molecule has 1 heterocycles. The Labute approximate surface area is 184 Å². The van der Waals surface area contributed by atoms with Crippen molar-refractivity contribution >= 4 is 58.2 Å². The van der Waals surface area contributed by atoms with Crippen molar-refractivity contribution in [3.8, 4) is 11.3 Å². The number of carbonyl (C=O) groups is 1. The number of nitrogens with one attached hydrogen (secondary N) is 2. The number of carbonyl (C=O) groups excluding carboxylic acids is 1. The molecule has 0 aliphatic heterocycles. The average Bonchev–Trinajstić information content (AvgIpc) is 3.17. The molecule has 3 aromatic rings. The van der Waals surface area contributed by atoms with Gasteiger partial charge in [-0.2, -0.15) is 0 Å². The summed E-state index contributed by atoms with van der Waals surface area (Å²) in [7, 11) is 0. The predicted molar refractivity (Wildman–Crippen MR) is 123 cm³/mol. The number of rotatable bonds is 5. The van der Waals surface area contributed by atoms with Crippen LogP contribution < -0.4 is 10.6 Å². The van der Waals surface area contributed by atoms with Crippen molar-refractivity contribution in [2.45, 2.75) is 13.3 Å². The lowest BCUT2D eigenvalue weighted by atomic mass is 10.1. The Bertz CT molecular complexity index is 1080. The minimum absolute atomic E-state index is 0.228. The van der Waals surface area contributed by atoms with Gasteiger partial charge in [0.15, 0.2) is 5.11 Å². The molecule has 0 radical (unpaired) electrons. The smallest absolute Gasteiger partial charge is 0.250 e. The van der Waals surface area contributed by atoms with Gasteiger partial charge < -0.3 is 9.73 Å². The highest BCUT2D eigenvalue weighted by Crippen LogP contribution is 2.34. The lowest BCUT2D eigenvalue weighted by molar-refractivity contribution is -0.115. The molecule has 0 fully saturated rings. The fourth-order valence-corrected chi connectivity index (χ4v) is 3.30. The van der Waals surface area contributed by atoms with Crippen LogP contribution in [0.5, 0.6) is 0 Å². The van der Waals surface area contributed by atoms with Crippen LogP contribution in [0.1, 0.15) is 18.2 Å². The molecular formula is C22H18Cl2N2O2S. The standard InChI is InChI=1S/C22H18Cl2N2O2S/c1-2-14-6-3-4-9-18(14)25-22(29)26-20(27)13-11-15-10-12-19(28-15)16-7-5-8-17(23)21(16)24/h3-13H,2H2,1H3,(H2,25,26,27,29). The monoisotopic (exact) mass is 444 g/mol. The summed E-state index contributed by atoms with van der Waals surface area (Å²) < 4.78 is 5.73. The van der Waals surface area contributed by atoms with Gasteiger partial charge in [0.05, 0.1) is 10.0 Å². The maximum Gasteiger partial charge on any atom is 0.250 e. The Balaban J connectivity index is 1.62. The molecule has 0 unspecified atom stereocenters. The van der Waals surface area contributed by atoms with Gasteiger partial charge >= 0.3 is 0 Å². The summed E-state index contributed by atoms with van der Waals surface area (Å²) in [6.07, 6.45) is 3.76. The van der Waals surface area contributed by atoms with Crippen LogP contribution in [-0.4, -0.2) is 11.0 Å². The molecule has 2 N–H and O–H groups in total. The number of para-hydroxylation sites is 1. The molecule has 4 nitrogen and oxygen atoms in total. The largest absolute Gasteiger partial charge is 0.457 e.